The smallest absolute Gasteiger partial charge is 0.282 e. The Balaban J connectivity index is 2.15. The van der Waals surface area contributed by atoms with Crippen LogP contribution in [0.25, 0.3) is 0 Å². The van der Waals surface area contributed by atoms with Crippen molar-refractivity contribution in [2.75, 3.05) is 13.6 Å². The van der Waals surface area contributed by atoms with Crippen molar-refractivity contribution in [1.29, 1.82) is 0 Å². The molecule has 1 atom stereocenters. The van der Waals surface area contributed by atoms with Gasteiger partial charge in [-0.15, -0.1) is 0 Å². The number of benzene rings is 1. The lowest BCUT2D eigenvalue weighted by Gasteiger charge is -2.30. The maximum atomic E-state index is 12.2. The third kappa shape index (κ3) is 3.49. The minimum Gasteiger partial charge on any atom is -0.347 e. The molecule has 21 heavy (non-hydrogen) atoms. The van der Waals surface area contributed by atoms with Crippen LogP contribution in [-0.2, 0) is 4.79 Å². The molecule has 112 valence electrons. The molecule has 1 N–H and O–H groups in total. The first kappa shape index (κ1) is 15.2. The summed E-state index contributed by atoms with van der Waals surface area (Å²) in [6, 6.07) is 3.61. The summed E-state index contributed by atoms with van der Waals surface area (Å²) in [6.07, 6.45) is 0.863. The van der Waals surface area contributed by atoms with Crippen LogP contribution in [0.5, 0.6) is 0 Å². The molecule has 1 unspecified atom stereocenters. The van der Waals surface area contributed by atoms with Gasteiger partial charge in [0.25, 0.3) is 11.6 Å². The zero-order chi connectivity index (χ0) is 15.6. The number of hydrogen-bond donors (Lipinski definition) is 1. The standard InChI is InChI=1S/C13H14ClN3O4/c1-16-7-9(3-5-12(16)18)15-13(19)10-6-8(14)2-4-11(10)17(20)21/h2,4,6,9H,3,5,7H2,1H3,(H,15,19). The predicted octanol–water partition coefficient (Wildman–Crippen LogP) is 1.60. The molecule has 1 saturated heterocycles. The zero-order valence-electron chi connectivity index (χ0n) is 11.3. The van der Waals surface area contributed by atoms with E-state index < -0.39 is 10.8 Å². The number of amides is 2. The van der Waals surface area contributed by atoms with Crippen molar-refractivity contribution >= 4 is 29.1 Å². The Hall–Kier alpha value is -2.15. The van der Waals surface area contributed by atoms with Crippen LogP contribution in [0.1, 0.15) is 23.2 Å². The minimum absolute atomic E-state index is 0.0224. The van der Waals surface area contributed by atoms with Crippen LogP contribution in [0.2, 0.25) is 5.02 Å². The third-order valence-electron chi connectivity index (χ3n) is 3.36. The van der Waals surface area contributed by atoms with Crippen LogP contribution in [0.4, 0.5) is 5.69 Å². The second kappa shape index (κ2) is 6.09. The lowest BCUT2D eigenvalue weighted by atomic mass is 10.0. The molecule has 1 fully saturated rings. The number of nitrogens with one attached hydrogen (secondary N) is 1. The summed E-state index contributed by atoms with van der Waals surface area (Å²) < 4.78 is 0. The largest absolute Gasteiger partial charge is 0.347 e. The normalized spacial score (nSPS) is 18.5. The van der Waals surface area contributed by atoms with Crippen molar-refractivity contribution < 1.29 is 14.5 Å². The molecule has 7 nitrogen and oxygen atoms in total. The average Bonchev–Trinajstić information content (AvgIpc) is 2.42. The quantitative estimate of drug-likeness (QED) is 0.678. The van der Waals surface area contributed by atoms with Crippen molar-refractivity contribution in [2.45, 2.75) is 18.9 Å². The number of hydrogen-bond acceptors (Lipinski definition) is 4. The van der Waals surface area contributed by atoms with E-state index in [-0.39, 0.29) is 28.2 Å². The maximum absolute atomic E-state index is 12.2. The number of carbonyl (C=O) groups is 2. The summed E-state index contributed by atoms with van der Waals surface area (Å²) >= 11 is 5.80. The molecule has 0 aliphatic carbocycles. The van der Waals surface area contributed by atoms with Gasteiger partial charge >= 0.3 is 0 Å². The summed E-state index contributed by atoms with van der Waals surface area (Å²) in [5, 5.41) is 13.9. The molecule has 1 aromatic rings. The van der Waals surface area contributed by atoms with Gasteiger partial charge in [0.05, 0.1) is 4.92 Å². The molecular formula is C13H14ClN3O4. The van der Waals surface area contributed by atoms with E-state index in [9.17, 15) is 19.7 Å². The fourth-order valence-electron chi connectivity index (χ4n) is 2.24. The van der Waals surface area contributed by atoms with Gasteiger partial charge in [0.15, 0.2) is 0 Å². The van der Waals surface area contributed by atoms with Crippen LogP contribution >= 0.6 is 11.6 Å². The highest BCUT2D eigenvalue weighted by Crippen LogP contribution is 2.23. The van der Waals surface area contributed by atoms with Crippen LogP contribution in [0.3, 0.4) is 0 Å². The lowest BCUT2D eigenvalue weighted by molar-refractivity contribution is -0.385. The van der Waals surface area contributed by atoms with Gasteiger partial charge in [0.1, 0.15) is 5.56 Å². The number of carbonyl (C=O) groups excluding carboxylic acids is 2. The van der Waals surface area contributed by atoms with Gasteiger partial charge in [0, 0.05) is 37.1 Å². The van der Waals surface area contributed by atoms with Gasteiger partial charge in [-0.2, -0.15) is 0 Å². The molecule has 1 aliphatic heterocycles. The van der Waals surface area contributed by atoms with Crippen molar-refractivity contribution in [3.05, 3.63) is 38.9 Å². The van der Waals surface area contributed by atoms with Crippen LogP contribution in [0.15, 0.2) is 18.2 Å². The highest BCUT2D eigenvalue weighted by molar-refractivity contribution is 6.31. The minimum atomic E-state index is -0.623. The summed E-state index contributed by atoms with van der Waals surface area (Å²) in [4.78, 5) is 35.5. The first-order chi connectivity index (χ1) is 9.88. The fraction of sp³-hybridized carbons (Fsp3) is 0.385. The van der Waals surface area contributed by atoms with E-state index in [1.165, 1.54) is 23.1 Å². The maximum Gasteiger partial charge on any atom is 0.282 e. The van der Waals surface area contributed by atoms with E-state index in [0.717, 1.165) is 0 Å². The van der Waals surface area contributed by atoms with E-state index in [4.69, 9.17) is 11.6 Å². The summed E-state index contributed by atoms with van der Waals surface area (Å²) in [6.45, 7) is 0.388. The molecule has 1 aliphatic rings. The highest BCUT2D eigenvalue weighted by Gasteiger charge is 2.27. The van der Waals surface area contributed by atoms with Crippen LogP contribution < -0.4 is 5.32 Å². The van der Waals surface area contributed by atoms with E-state index in [1.54, 1.807) is 7.05 Å². The predicted molar refractivity (Wildman–Crippen MR) is 76.2 cm³/mol. The zero-order valence-corrected chi connectivity index (χ0v) is 12.1. The second-order valence-corrected chi connectivity index (χ2v) is 5.34. The summed E-state index contributed by atoms with van der Waals surface area (Å²) in [5.74, 6) is -0.536. The van der Waals surface area contributed by atoms with E-state index >= 15 is 0 Å². The fourth-order valence-corrected chi connectivity index (χ4v) is 2.41. The number of likely N-dealkylation sites (N-methyl/N-ethyl adjacent to an activating group) is 1. The third-order valence-corrected chi connectivity index (χ3v) is 3.60. The molecule has 8 heteroatoms. The molecular weight excluding hydrogens is 298 g/mol. The van der Waals surface area contributed by atoms with Gasteiger partial charge in [-0.05, 0) is 18.6 Å². The van der Waals surface area contributed by atoms with Crippen LogP contribution in [0, 0.1) is 10.1 Å². The molecule has 0 saturated carbocycles. The number of nitrogens with zero attached hydrogens (tertiary/aromatic N) is 2. The number of nitro groups is 1. The lowest BCUT2D eigenvalue weighted by Crippen LogP contribution is -2.48. The number of nitro benzene ring substituents is 1. The molecule has 0 radical (unpaired) electrons. The monoisotopic (exact) mass is 311 g/mol. The van der Waals surface area contributed by atoms with Gasteiger partial charge in [-0.1, -0.05) is 11.6 Å². The van der Waals surface area contributed by atoms with Gasteiger partial charge in [-0.25, -0.2) is 0 Å². The van der Waals surface area contributed by atoms with Crippen molar-refractivity contribution in [3.8, 4) is 0 Å². The molecule has 1 heterocycles. The molecule has 2 rings (SSSR count). The Labute approximate surface area is 126 Å². The first-order valence-electron chi connectivity index (χ1n) is 6.37. The SMILES string of the molecule is CN1CC(NC(=O)c2cc(Cl)ccc2[N+](=O)[O-])CCC1=O. The Kier molecular flexibility index (Phi) is 4.42. The van der Waals surface area contributed by atoms with Crippen molar-refractivity contribution in [1.82, 2.24) is 10.2 Å². The van der Waals surface area contributed by atoms with E-state index in [2.05, 4.69) is 5.32 Å². The Bertz CT molecular complexity index is 605. The van der Waals surface area contributed by atoms with Gasteiger partial charge < -0.3 is 10.2 Å². The Morgan fingerprint density at radius 1 is 1.52 bits per heavy atom. The summed E-state index contributed by atoms with van der Waals surface area (Å²) in [7, 11) is 1.66. The molecule has 0 spiro atoms. The number of piperidine rings is 1. The van der Waals surface area contributed by atoms with Crippen molar-refractivity contribution in [2.24, 2.45) is 0 Å². The summed E-state index contributed by atoms with van der Waals surface area (Å²) in [5.41, 5.74) is -0.371. The topological polar surface area (TPSA) is 92.6 Å². The Morgan fingerprint density at radius 2 is 2.24 bits per heavy atom. The molecule has 0 aromatic heterocycles. The van der Waals surface area contributed by atoms with Crippen LogP contribution in [-0.4, -0.2) is 41.3 Å². The average molecular weight is 312 g/mol. The first-order valence-corrected chi connectivity index (χ1v) is 6.75. The van der Waals surface area contributed by atoms with Gasteiger partial charge in [-0.3, -0.25) is 19.7 Å². The Morgan fingerprint density at radius 3 is 2.86 bits per heavy atom. The van der Waals surface area contributed by atoms with Gasteiger partial charge in [0.2, 0.25) is 5.91 Å². The second-order valence-electron chi connectivity index (χ2n) is 4.90. The van der Waals surface area contributed by atoms with Crippen molar-refractivity contribution in [3.63, 3.8) is 0 Å². The molecule has 0 bridgehead atoms. The number of halogens is 1. The highest BCUT2D eigenvalue weighted by atomic mass is 35.5. The van der Waals surface area contributed by atoms with E-state index in [0.29, 0.717) is 19.4 Å². The number of likely N-dealkylation sites (tertiary alicyclic amines) is 1. The molecule has 1 aromatic carbocycles. The number of rotatable bonds is 3. The van der Waals surface area contributed by atoms with E-state index in [1.807, 2.05) is 0 Å². The molecule has 2 amide bonds.